The molecule has 2 rings (SSSR count). The lowest BCUT2D eigenvalue weighted by Crippen LogP contribution is -2.38. The summed E-state index contributed by atoms with van der Waals surface area (Å²) < 4.78 is 5.44. The molecule has 1 aliphatic heterocycles. The Hall–Kier alpha value is -1.56. The van der Waals surface area contributed by atoms with Gasteiger partial charge in [0.1, 0.15) is 5.76 Å². The third-order valence-electron chi connectivity index (χ3n) is 5.28. The van der Waals surface area contributed by atoms with Crippen LogP contribution in [0.2, 0.25) is 0 Å². The molecule has 1 aliphatic rings. The maximum atomic E-state index is 5.44. The van der Waals surface area contributed by atoms with Crippen molar-refractivity contribution in [1.29, 1.82) is 0 Å². The van der Waals surface area contributed by atoms with Gasteiger partial charge in [-0.05, 0) is 58.0 Å². The van der Waals surface area contributed by atoms with Gasteiger partial charge in [-0.2, -0.15) is 0 Å². The highest BCUT2D eigenvalue weighted by Crippen LogP contribution is 2.17. The molecule has 154 valence electrons. The van der Waals surface area contributed by atoms with Crippen molar-refractivity contribution < 1.29 is 4.52 Å². The number of aliphatic imine (C=N–C) groups is 1. The van der Waals surface area contributed by atoms with Gasteiger partial charge in [-0.3, -0.25) is 0 Å². The van der Waals surface area contributed by atoms with Gasteiger partial charge in [0.2, 0.25) is 0 Å². The SMILES string of the molecule is CCNC(=NCc1c(CC)noc1CC)NCCCCN1CCCC(C)C1. The first-order valence-electron chi connectivity index (χ1n) is 10.9. The van der Waals surface area contributed by atoms with Crippen molar-refractivity contribution in [3.63, 3.8) is 0 Å². The molecule has 27 heavy (non-hydrogen) atoms. The van der Waals surface area contributed by atoms with Gasteiger partial charge >= 0.3 is 0 Å². The molecule has 1 saturated heterocycles. The number of unbranched alkanes of at least 4 members (excludes halogenated alkanes) is 1. The van der Waals surface area contributed by atoms with E-state index in [1.807, 2.05) is 0 Å². The Morgan fingerprint density at radius 2 is 2.07 bits per heavy atom. The van der Waals surface area contributed by atoms with Crippen LogP contribution in [0.5, 0.6) is 0 Å². The van der Waals surface area contributed by atoms with Gasteiger partial charge < -0.3 is 20.1 Å². The first-order valence-corrected chi connectivity index (χ1v) is 10.9. The summed E-state index contributed by atoms with van der Waals surface area (Å²) in [4.78, 5) is 7.38. The molecule has 1 atom stereocenters. The minimum atomic E-state index is 0.622. The molecule has 0 aliphatic carbocycles. The molecular formula is C21H39N5O. The summed E-state index contributed by atoms with van der Waals surface area (Å²) in [6.07, 6.45) is 6.91. The average molecular weight is 378 g/mol. The minimum Gasteiger partial charge on any atom is -0.361 e. The van der Waals surface area contributed by atoms with Crippen LogP contribution in [0.3, 0.4) is 0 Å². The van der Waals surface area contributed by atoms with Gasteiger partial charge in [0.25, 0.3) is 0 Å². The molecule has 0 spiro atoms. The summed E-state index contributed by atoms with van der Waals surface area (Å²) in [5, 5.41) is 11.0. The van der Waals surface area contributed by atoms with Gasteiger partial charge in [0.15, 0.2) is 5.96 Å². The quantitative estimate of drug-likeness (QED) is 0.372. The molecule has 2 N–H and O–H groups in total. The largest absolute Gasteiger partial charge is 0.361 e. The summed E-state index contributed by atoms with van der Waals surface area (Å²) in [5.74, 6) is 2.71. The van der Waals surface area contributed by atoms with E-state index < -0.39 is 0 Å². The van der Waals surface area contributed by atoms with Crippen molar-refractivity contribution in [2.75, 3.05) is 32.7 Å². The van der Waals surface area contributed by atoms with Crippen LogP contribution in [-0.4, -0.2) is 48.7 Å². The first-order chi connectivity index (χ1) is 13.2. The Morgan fingerprint density at radius 1 is 1.22 bits per heavy atom. The van der Waals surface area contributed by atoms with E-state index in [0.717, 1.165) is 54.8 Å². The smallest absolute Gasteiger partial charge is 0.191 e. The fraction of sp³-hybridized carbons (Fsp3) is 0.810. The van der Waals surface area contributed by atoms with E-state index in [1.54, 1.807) is 0 Å². The second-order valence-corrected chi connectivity index (χ2v) is 7.62. The van der Waals surface area contributed by atoms with Gasteiger partial charge in [0.05, 0.1) is 12.2 Å². The van der Waals surface area contributed by atoms with Crippen molar-refractivity contribution in [3.8, 4) is 0 Å². The average Bonchev–Trinajstić information content (AvgIpc) is 3.07. The second kappa shape index (κ2) is 12.0. The number of guanidine groups is 1. The van der Waals surface area contributed by atoms with Crippen LogP contribution in [0.15, 0.2) is 9.52 Å². The third-order valence-corrected chi connectivity index (χ3v) is 5.28. The van der Waals surface area contributed by atoms with E-state index in [1.165, 1.54) is 45.3 Å². The number of nitrogens with zero attached hydrogens (tertiary/aromatic N) is 3. The Labute approximate surface area is 165 Å². The molecule has 2 heterocycles. The van der Waals surface area contributed by atoms with Gasteiger partial charge in [-0.25, -0.2) is 4.99 Å². The van der Waals surface area contributed by atoms with Crippen molar-refractivity contribution in [3.05, 3.63) is 17.0 Å². The summed E-state index contributed by atoms with van der Waals surface area (Å²) >= 11 is 0. The Morgan fingerprint density at radius 3 is 2.78 bits per heavy atom. The molecule has 1 aromatic heterocycles. The lowest BCUT2D eigenvalue weighted by atomic mass is 10.0. The van der Waals surface area contributed by atoms with Crippen molar-refractivity contribution in [1.82, 2.24) is 20.7 Å². The highest BCUT2D eigenvalue weighted by Gasteiger charge is 2.15. The number of hydrogen-bond acceptors (Lipinski definition) is 4. The topological polar surface area (TPSA) is 65.7 Å². The minimum absolute atomic E-state index is 0.622. The first kappa shape index (κ1) is 21.7. The third kappa shape index (κ3) is 7.17. The predicted molar refractivity (Wildman–Crippen MR) is 112 cm³/mol. The molecule has 0 aromatic carbocycles. The van der Waals surface area contributed by atoms with E-state index in [-0.39, 0.29) is 0 Å². The van der Waals surface area contributed by atoms with E-state index in [9.17, 15) is 0 Å². The maximum absolute atomic E-state index is 5.44. The molecule has 1 unspecified atom stereocenters. The molecule has 0 radical (unpaired) electrons. The number of aryl methyl sites for hydroxylation is 2. The molecular weight excluding hydrogens is 338 g/mol. The highest BCUT2D eigenvalue weighted by atomic mass is 16.5. The van der Waals surface area contributed by atoms with Crippen LogP contribution in [0.1, 0.15) is 70.4 Å². The summed E-state index contributed by atoms with van der Waals surface area (Å²) in [6.45, 7) is 14.9. The Balaban J connectivity index is 1.76. The lowest BCUT2D eigenvalue weighted by Gasteiger charge is -2.30. The molecule has 0 bridgehead atoms. The number of piperidine rings is 1. The zero-order chi connectivity index (χ0) is 19.5. The van der Waals surface area contributed by atoms with E-state index >= 15 is 0 Å². The normalized spacial score (nSPS) is 18.7. The van der Waals surface area contributed by atoms with E-state index in [0.29, 0.717) is 6.54 Å². The van der Waals surface area contributed by atoms with Crippen LogP contribution in [0.4, 0.5) is 0 Å². The van der Waals surface area contributed by atoms with Crippen LogP contribution < -0.4 is 10.6 Å². The summed E-state index contributed by atoms with van der Waals surface area (Å²) in [7, 11) is 0. The lowest BCUT2D eigenvalue weighted by molar-refractivity contribution is 0.181. The van der Waals surface area contributed by atoms with Gasteiger partial charge in [-0.1, -0.05) is 25.9 Å². The number of hydrogen-bond donors (Lipinski definition) is 2. The molecule has 6 nitrogen and oxygen atoms in total. The zero-order valence-corrected chi connectivity index (χ0v) is 17.8. The van der Waals surface area contributed by atoms with Gasteiger partial charge in [-0.15, -0.1) is 0 Å². The fourth-order valence-corrected chi connectivity index (χ4v) is 3.77. The van der Waals surface area contributed by atoms with Crippen molar-refractivity contribution >= 4 is 5.96 Å². The van der Waals surface area contributed by atoms with Crippen LogP contribution >= 0.6 is 0 Å². The number of rotatable bonds is 10. The molecule has 0 amide bonds. The molecule has 1 aromatic rings. The van der Waals surface area contributed by atoms with Crippen LogP contribution in [-0.2, 0) is 19.4 Å². The maximum Gasteiger partial charge on any atom is 0.191 e. The Kier molecular flexibility index (Phi) is 9.67. The summed E-state index contributed by atoms with van der Waals surface area (Å²) in [5.41, 5.74) is 2.18. The highest BCUT2D eigenvalue weighted by molar-refractivity contribution is 5.79. The van der Waals surface area contributed by atoms with Crippen molar-refractivity contribution in [2.45, 2.75) is 72.8 Å². The molecule has 6 heteroatoms. The number of nitrogens with one attached hydrogen (secondary N) is 2. The van der Waals surface area contributed by atoms with E-state index in [2.05, 4.69) is 48.4 Å². The van der Waals surface area contributed by atoms with Crippen molar-refractivity contribution in [2.24, 2.45) is 10.9 Å². The van der Waals surface area contributed by atoms with Crippen LogP contribution in [0.25, 0.3) is 0 Å². The fourth-order valence-electron chi connectivity index (χ4n) is 3.77. The predicted octanol–water partition coefficient (Wildman–Crippen LogP) is 3.37. The second-order valence-electron chi connectivity index (χ2n) is 7.62. The molecule has 0 saturated carbocycles. The summed E-state index contributed by atoms with van der Waals surface area (Å²) in [6, 6.07) is 0. The monoisotopic (exact) mass is 377 g/mol. The zero-order valence-electron chi connectivity index (χ0n) is 17.8. The number of likely N-dealkylation sites (tertiary alicyclic amines) is 1. The van der Waals surface area contributed by atoms with E-state index in [4.69, 9.17) is 9.52 Å². The standard InChI is InChI=1S/C21H39N5O/c1-5-19-18(20(6-2)27-25-19)15-24-21(22-7-3)23-12-8-9-13-26-14-10-11-17(4)16-26/h17H,5-16H2,1-4H3,(H2,22,23,24). The molecule has 1 fully saturated rings. The Bertz CT molecular complexity index is 547. The van der Waals surface area contributed by atoms with Crippen LogP contribution in [0, 0.1) is 5.92 Å². The number of aromatic nitrogens is 1. The van der Waals surface area contributed by atoms with Gasteiger partial charge in [0, 0.05) is 31.6 Å².